The zero-order chi connectivity index (χ0) is 61.7. The highest BCUT2D eigenvalue weighted by atomic mass is 79.9. The number of rotatable bonds is 8. The van der Waals surface area contributed by atoms with Crippen LogP contribution in [0.1, 0.15) is 0 Å². The van der Waals surface area contributed by atoms with E-state index in [1.807, 2.05) is 91.4 Å². The Balaban J connectivity index is 0.000000120. The van der Waals surface area contributed by atoms with Crippen molar-refractivity contribution < 1.29 is 10.0 Å². The van der Waals surface area contributed by atoms with E-state index in [4.69, 9.17) is 4.98 Å². The zero-order valence-corrected chi connectivity index (χ0v) is 51.3. The van der Waals surface area contributed by atoms with Crippen molar-refractivity contribution >= 4 is 116 Å². The molecule has 18 rings (SSSR count). The number of hydrogen-bond donors (Lipinski definition) is 2. The van der Waals surface area contributed by atoms with E-state index < -0.39 is 7.12 Å². The van der Waals surface area contributed by atoms with Gasteiger partial charge in [-0.1, -0.05) is 218 Å². The summed E-state index contributed by atoms with van der Waals surface area (Å²) >= 11 is 3.65. The largest absolute Gasteiger partial charge is 0.489 e. The number of pyridine rings is 2. The van der Waals surface area contributed by atoms with Crippen LogP contribution in [-0.2, 0) is 0 Å². The molecule has 0 fully saturated rings. The number of aromatic nitrogens is 6. The van der Waals surface area contributed by atoms with Gasteiger partial charge in [-0.2, -0.15) is 0 Å². The van der Waals surface area contributed by atoms with Crippen molar-refractivity contribution in [3.8, 4) is 56.1 Å². The summed E-state index contributed by atoms with van der Waals surface area (Å²) in [6, 6.07) is 107. The summed E-state index contributed by atoms with van der Waals surface area (Å²) in [5.74, 6) is 0. The van der Waals surface area contributed by atoms with Gasteiger partial charge in [0.25, 0.3) is 0 Å². The van der Waals surface area contributed by atoms with E-state index in [0.29, 0.717) is 5.46 Å². The van der Waals surface area contributed by atoms with Crippen molar-refractivity contribution in [2.24, 2.45) is 0 Å². The molecule has 0 bridgehead atoms. The SMILES string of the molecule is Brc1ccnc2c1c1ccccc1n2-c1ccccc1.OB(O)c1cccc2c1c1ccccc1n2-c1ccc(-c2ccccc2)cc1.c1ccc(-c2ccc(-n3c4ccccc4c4c(-c5cncc6c5c5ccccc5n6-c5ccccc5)cccc43)cc2)cc1. The van der Waals surface area contributed by atoms with E-state index in [0.717, 1.165) is 76.7 Å². The predicted molar refractivity (Wildman–Crippen MR) is 386 cm³/mol. The Labute approximate surface area is 539 Å². The van der Waals surface area contributed by atoms with Crippen LogP contribution in [0.15, 0.2) is 332 Å². The number of halogens is 1. The molecule has 0 aliphatic carbocycles. The van der Waals surface area contributed by atoms with E-state index in [2.05, 4.69) is 270 Å². The molecule has 0 radical (unpaired) electrons. The van der Waals surface area contributed by atoms with Gasteiger partial charge in [-0.3, -0.25) is 9.55 Å². The normalized spacial score (nSPS) is 11.4. The minimum absolute atomic E-state index is 0.522. The Morgan fingerprint density at radius 2 is 0.652 bits per heavy atom. The van der Waals surface area contributed by atoms with Gasteiger partial charge < -0.3 is 23.7 Å². The molecule has 436 valence electrons. The van der Waals surface area contributed by atoms with Gasteiger partial charge in [-0.15, -0.1) is 0 Å². The van der Waals surface area contributed by atoms with E-state index in [1.54, 1.807) is 6.07 Å². The molecule has 0 spiro atoms. The van der Waals surface area contributed by atoms with E-state index in [1.165, 1.54) is 71.3 Å². The molecule has 0 saturated carbocycles. The number of nitrogens with zero attached hydrogens (tertiary/aromatic N) is 6. The third kappa shape index (κ3) is 9.73. The summed E-state index contributed by atoms with van der Waals surface area (Å²) in [6.45, 7) is 0. The average molecular weight is 1250 g/mol. The lowest BCUT2D eigenvalue weighted by Crippen LogP contribution is -2.30. The molecule has 0 amide bonds. The van der Waals surface area contributed by atoms with E-state index >= 15 is 0 Å². The molecule has 0 atom stereocenters. The number of para-hydroxylation sites is 6. The Hall–Kier alpha value is -11.4. The fraction of sp³-hybridized carbons (Fsp3) is 0. The third-order valence-electron chi connectivity index (χ3n) is 17.6. The van der Waals surface area contributed by atoms with Gasteiger partial charge in [-0.25, -0.2) is 4.98 Å². The van der Waals surface area contributed by atoms with Crippen LogP contribution in [0.5, 0.6) is 0 Å². The second kappa shape index (κ2) is 23.9. The molecule has 10 heteroatoms. The molecule has 12 aromatic carbocycles. The molecule has 92 heavy (non-hydrogen) atoms. The molecule has 8 nitrogen and oxygen atoms in total. The van der Waals surface area contributed by atoms with E-state index in [9.17, 15) is 10.0 Å². The van der Waals surface area contributed by atoms with Crippen LogP contribution in [0.25, 0.3) is 143 Å². The minimum Gasteiger partial charge on any atom is -0.423 e. The maximum Gasteiger partial charge on any atom is 0.489 e. The maximum atomic E-state index is 9.87. The molecule has 0 aliphatic heterocycles. The third-order valence-corrected chi connectivity index (χ3v) is 18.2. The molecular formula is C82H56BBrN6O2. The molecule has 0 aliphatic rings. The fourth-order valence-electron chi connectivity index (χ4n) is 13.6. The van der Waals surface area contributed by atoms with Gasteiger partial charge in [-0.05, 0) is 140 Å². The van der Waals surface area contributed by atoms with Crippen LogP contribution in [-0.4, -0.2) is 45.4 Å². The standard InChI is InChI=1S/C41H27N3.C24H18BNO2.C17H11BrN2/c1-3-12-28(13-4-1)29-22-24-31(25-23-29)43-36-19-9-7-16-33(36)40-32(18-11-21-38(40)43)35-26-42-27-39-41(35)34-17-8-10-20-37(34)44(39)30-14-5-2-6-15-30;27-25(28)21-10-6-12-23-24(21)20-9-4-5-11-22(20)26(23)19-15-13-18(14-16-19)17-7-2-1-3-8-17;18-14-10-11-19-17-16(14)13-8-4-5-9-15(13)20(17)12-6-2-1-3-7-12/h1-27H;1-16,27-28H;1-11H. The average Bonchev–Trinajstić information content (AvgIpc) is 1.59. The van der Waals surface area contributed by atoms with Crippen molar-refractivity contribution in [3.05, 3.63) is 332 Å². The van der Waals surface area contributed by atoms with Crippen LogP contribution >= 0.6 is 15.9 Å². The van der Waals surface area contributed by atoms with Gasteiger partial charge in [0.05, 0.1) is 44.8 Å². The zero-order valence-electron chi connectivity index (χ0n) is 49.7. The first kappa shape index (κ1) is 55.9. The second-order valence-electron chi connectivity index (χ2n) is 22.8. The minimum atomic E-state index is -1.51. The van der Waals surface area contributed by atoms with Crippen LogP contribution in [0, 0.1) is 0 Å². The topological polar surface area (TPSA) is 86.0 Å². The molecule has 6 heterocycles. The van der Waals surface area contributed by atoms with Crippen molar-refractivity contribution in [1.82, 2.24) is 28.2 Å². The number of fused-ring (bicyclic) bond motifs is 12. The maximum absolute atomic E-state index is 9.87. The van der Waals surface area contributed by atoms with Crippen molar-refractivity contribution in [1.29, 1.82) is 0 Å². The summed E-state index contributed by atoms with van der Waals surface area (Å²) in [7, 11) is -1.51. The predicted octanol–water partition coefficient (Wildman–Crippen LogP) is 19.7. The Kier molecular flexibility index (Phi) is 14.5. The lowest BCUT2D eigenvalue weighted by Gasteiger charge is -2.11. The fourth-order valence-corrected chi connectivity index (χ4v) is 14.1. The summed E-state index contributed by atoms with van der Waals surface area (Å²) in [5, 5.41) is 28.9. The number of benzene rings is 12. The van der Waals surface area contributed by atoms with Gasteiger partial charge >= 0.3 is 7.12 Å². The Bertz CT molecular complexity index is 5730. The Morgan fingerprint density at radius 1 is 0.283 bits per heavy atom. The first-order chi connectivity index (χ1) is 45.5. The first-order valence-electron chi connectivity index (χ1n) is 30.7. The lowest BCUT2D eigenvalue weighted by atomic mass is 9.77. The second-order valence-corrected chi connectivity index (χ2v) is 23.6. The van der Waals surface area contributed by atoms with Gasteiger partial charge in [0, 0.05) is 88.3 Å². The highest BCUT2D eigenvalue weighted by Crippen LogP contribution is 2.44. The molecule has 0 saturated heterocycles. The van der Waals surface area contributed by atoms with Crippen LogP contribution in [0.3, 0.4) is 0 Å². The number of hydrogen-bond acceptors (Lipinski definition) is 4. The quantitative estimate of drug-likeness (QED) is 0.148. The van der Waals surface area contributed by atoms with Crippen molar-refractivity contribution in [3.63, 3.8) is 0 Å². The van der Waals surface area contributed by atoms with Gasteiger partial charge in [0.2, 0.25) is 0 Å². The van der Waals surface area contributed by atoms with E-state index in [-0.39, 0.29) is 0 Å². The molecule has 2 N–H and O–H groups in total. The first-order valence-corrected chi connectivity index (χ1v) is 31.5. The van der Waals surface area contributed by atoms with Crippen molar-refractivity contribution in [2.45, 2.75) is 0 Å². The van der Waals surface area contributed by atoms with Crippen LogP contribution in [0.2, 0.25) is 0 Å². The smallest absolute Gasteiger partial charge is 0.423 e. The lowest BCUT2D eigenvalue weighted by molar-refractivity contribution is 0.426. The molecule has 6 aromatic heterocycles. The van der Waals surface area contributed by atoms with Crippen molar-refractivity contribution in [2.75, 3.05) is 0 Å². The summed E-state index contributed by atoms with van der Waals surface area (Å²) < 4.78 is 10.2. The van der Waals surface area contributed by atoms with Gasteiger partial charge in [0.1, 0.15) is 5.65 Å². The summed E-state index contributed by atoms with van der Waals surface area (Å²) in [5.41, 5.74) is 20.9. The molecule has 18 aromatic rings. The monoisotopic (exact) mass is 1250 g/mol. The molecule has 0 unspecified atom stereocenters. The highest BCUT2D eigenvalue weighted by Gasteiger charge is 2.23. The summed E-state index contributed by atoms with van der Waals surface area (Å²) in [6.07, 6.45) is 5.88. The Morgan fingerprint density at radius 3 is 1.16 bits per heavy atom. The summed E-state index contributed by atoms with van der Waals surface area (Å²) in [4.78, 5) is 9.42. The van der Waals surface area contributed by atoms with Crippen LogP contribution < -0.4 is 5.46 Å². The van der Waals surface area contributed by atoms with Crippen LogP contribution in [0.4, 0.5) is 0 Å². The molecular weight excluding hydrogens is 1190 g/mol. The highest BCUT2D eigenvalue weighted by molar-refractivity contribution is 9.10. The van der Waals surface area contributed by atoms with Gasteiger partial charge in [0.15, 0.2) is 0 Å².